The van der Waals surface area contributed by atoms with Crippen LogP contribution < -0.4 is 29.4 Å². The third-order valence-corrected chi connectivity index (χ3v) is 27.8. The molecule has 0 unspecified atom stereocenters. The molecule has 26 rings (SSSR count). The van der Waals surface area contributed by atoms with Crippen LogP contribution in [0.15, 0.2) is 607 Å². The van der Waals surface area contributed by atoms with Crippen LogP contribution in [0.1, 0.15) is 22.3 Å². The fourth-order valence-corrected chi connectivity index (χ4v) is 20.6. The number of hydrogen-bond donors (Lipinski definition) is 0. The van der Waals surface area contributed by atoms with Gasteiger partial charge in [-0.05, 0) is 292 Å². The summed E-state index contributed by atoms with van der Waals surface area (Å²) in [5.74, 6) is 0. The predicted octanol–water partition coefficient (Wildman–Crippen LogP) is 42.0. The van der Waals surface area contributed by atoms with Crippen molar-refractivity contribution in [2.75, 3.05) is 29.4 Å². The zero-order valence-corrected chi connectivity index (χ0v) is 80.4. The minimum atomic E-state index is 0. The number of nitrogens with zero attached hydrogens (tertiary/aromatic N) is 6. The summed E-state index contributed by atoms with van der Waals surface area (Å²) in [4.78, 5) is 14.1. The molecule has 149 heavy (non-hydrogen) atoms. The Hall–Kier alpha value is -19.4. The van der Waals surface area contributed by atoms with Crippen LogP contribution in [0.3, 0.4) is 0 Å². The molecule has 0 saturated carbocycles. The highest BCUT2D eigenvalue weighted by atomic mass is 15.2. The molecular formula is C143H112N6. The molecule has 0 fully saturated rings. The van der Waals surface area contributed by atoms with Crippen molar-refractivity contribution >= 4 is 189 Å². The lowest BCUT2D eigenvalue weighted by Gasteiger charge is -2.28. The van der Waals surface area contributed by atoms with Gasteiger partial charge < -0.3 is 29.4 Å². The van der Waals surface area contributed by atoms with E-state index in [0.29, 0.717) is 0 Å². The summed E-state index contributed by atoms with van der Waals surface area (Å²) in [5, 5.41) is 19.6. The van der Waals surface area contributed by atoms with Gasteiger partial charge in [-0.2, -0.15) is 0 Å². The Balaban J connectivity index is 0.000000130. The monoisotopic (exact) mass is 1910 g/mol. The molecule has 0 aliphatic carbocycles. The Kier molecular flexibility index (Phi) is 28.2. The first-order valence-corrected chi connectivity index (χ1v) is 49.9. The second-order valence-electron chi connectivity index (χ2n) is 36.8. The van der Waals surface area contributed by atoms with Crippen LogP contribution in [0, 0.1) is 0 Å². The van der Waals surface area contributed by atoms with Crippen molar-refractivity contribution in [1.29, 1.82) is 0 Å². The normalized spacial score (nSPS) is 10.9. The molecule has 0 aromatic heterocycles. The lowest BCUT2D eigenvalue weighted by Crippen LogP contribution is -2.10. The number of rotatable bonds is 21. The molecule has 0 spiro atoms. The van der Waals surface area contributed by atoms with Crippen molar-refractivity contribution in [1.82, 2.24) is 0 Å². The molecule has 0 amide bonds. The Labute approximate surface area is 874 Å². The number of fused-ring (bicyclic) bond motifs is 8. The average Bonchev–Trinajstić information content (AvgIpc) is 0.769. The quantitative estimate of drug-likeness (QED) is 0.0709. The van der Waals surface area contributed by atoms with Crippen molar-refractivity contribution in [2.45, 2.75) is 22.3 Å². The van der Waals surface area contributed by atoms with E-state index in [1.165, 1.54) is 120 Å². The Morgan fingerprint density at radius 2 is 0.228 bits per heavy atom. The third-order valence-electron chi connectivity index (χ3n) is 27.8. The van der Waals surface area contributed by atoms with Crippen molar-refractivity contribution in [3.05, 3.63) is 607 Å². The minimum absolute atomic E-state index is 0. The van der Waals surface area contributed by atoms with Crippen LogP contribution in [0.25, 0.3) is 120 Å². The number of benzene rings is 26. The summed E-state index contributed by atoms with van der Waals surface area (Å²) in [7, 11) is 0. The van der Waals surface area contributed by atoms with Gasteiger partial charge in [0.15, 0.2) is 0 Å². The minimum Gasteiger partial charge on any atom is -0.310 e. The van der Waals surface area contributed by atoms with Gasteiger partial charge >= 0.3 is 0 Å². The van der Waals surface area contributed by atoms with Gasteiger partial charge in [-0.15, -0.1) is 0 Å². The molecule has 26 aromatic rings. The van der Waals surface area contributed by atoms with E-state index in [9.17, 15) is 0 Å². The summed E-state index contributed by atoms with van der Waals surface area (Å²) in [6, 6.07) is 218. The number of para-hydroxylation sites is 4. The summed E-state index contributed by atoms with van der Waals surface area (Å²) < 4.78 is 0. The van der Waals surface area contributed by atoms with Gasteiger partial charge in [-0.1, -0.05) is 435 Å². The highest BCUT2D eigenvalue weighted by Gasteiger charge is 2.24. The molecule has 0 aliphatic rings. The van der Waals surface area contributed by atoms with E-state index in [2.05, 4.69) is 636 Å². The van der Waals surface area contributed by atoms with Gasteiger partial charge in [0.05, 0.1) is 22.7 Å². The zero-order chi connectivity index (χ0) is 97.3. The van der Waals surface area contributed by atoms with Gasteiger partial charge in [0.2, 0.25) is 0 Å². The molecule has 0 saturated heterocycles. The summed E-state index contributed by atoms with van der Waals surface area (Å²) in [5.41, 5.74) is 27.4. The van der Waals surface area contributed by atoms with E-state index in [4.69, 9.17) is 0 Å². The summed E-state index contributed by atoms with van der Waals surface area (Å²) in [6.07, 6.45) is 0. The van der Waals surface area contributed by atoms with Gasteiger partial charge in [0.1, 0.15) is 0 Å². The van der Waals surface area contributed by atoms with Crippen LogP contribution in [-0.2, 0) is 0 Å². The van der Waals surface area contributed by atoms with Crippen LogP contribution in [-0.4, -0.2) is 0 Å². The molecule has 714 valence electrons. The molecule has 0 N–H and O–H groups in total. The highest BCUT2D eigenvalue weighted by molar-refractivity contribution is 6.06. The van der Waals surface area contributed by atoms with E-state index in [-0.39, 0.29) is 22.3 Å². The largest absolute Gasteiger partial charge is 0.310 e. The zero-order valence-electron chi connectivity index (χ0n) is 80.4. The molecule has 0 heterocycles. The Morgan fingerprint density at radius 3 is 0.443 bits per heavy atom. The van der Waals surface area contributed by atoms with Gasteiger partial charge in [-0.3, -0.25) is 0 Å². The van der Waals surface area contributed by atoms with Crippen molar-refractivity contribution in [3.8, 4) is 33.4 Å². The molecule has 0 atom stereocenters. The van der Waals surface area contributed by atoms with Crippen molar-refractivity contribution < 1.29 is 0 Å². The summed E-state index contributed by atoms with van der Waals surface area (Å²) in [6.45, 7) is 0. The van der Waals surface area contributed by atoms with Crippen molar-refractivity contribution in [3.63, 3.8) is 0 Å². The van der Waals surface area contributed by atoms with E-state index >= 15 is 0 Å². The first-order valence-electron chi connectivity index (χ1n) is 49.9. The van der Waals surface area contributed by atoms with E-state index < -0.39 is 0 Å². The van der Waals surface area contributed by atoms with Crippen LogP contribution >= 0.6 is 0 Å². The third kappa shape index (κ3) is 20.1. The number of hydrogen-bond acceptors (Lipinski definition) is 6. The fourth-order valence-electron chi connectivity index (χ4n) is 20.6. The van der Waals surface area contributed by atoms with E-state index in [1.807, 2.05) is 0 Å². The Morgan fingerprint density at radius 1 is 0.0872 bits per heavy atom. The molecule has 6 nitrogen and oxygen atoms in total. The van der Waals surface area contributed by atoms with Crippen LogP contribution in [0.4, 0.5) is 102 Å². The predicted molar refractivity (Wildman–Crippen MR) is 644 cm³/mol. The second-order valence-corrected chi connectivity index (χ2v) is 36.8. The standard InChI is InChI=1S/C52H36N2.2C44H32N2.3CH4/c1-3-15-43-35-47(33-27-37(43)11-1)53(51-21-9-17-41-13-5-7-19-49(41)51)45-29-23-39(24-30-45)40-25-31-46(32-26-40)54(48-34-28-38-12-2-4-16-44(38)36-48)52-22-10-18-42-14-6-8-20-50(42)52;1-3-17-37(18-4-1)45(43-23-11-15-35-13-7-9-21-41(35)43)39-29-25-33(26-30-39)34-27-31-40(32-28-34)46(38-19-5-2-6-20-38)44-24-12-16-36-14-8-10-22-42(36)44;1-3-15-39(16-4-1)45(43-29-23-33-11-7-9-13-37(33)31-43)41-25-19-35(20-26-41)36-21-27-42(28-22-36)46(40-17-5-2-6-18-40)44-30-24-34-12-8-10-14-38(34)32-44;;;/h1-36H;2*1-32H;3*1H4. The SMILES string of the molecule is C.C.C.c1ccc(N(c2ccc(-c3ccc(N(c4ccccc4)c4ccc5ccccc5c4)cc3)cc2)c2ccc3ccccc3c2)cc1.c1ccc(N(c2ccc(-c3ccc(N(c4ccccc4)c4cccc5ccccc45)cc3)cc2)c2cccc3ccccc23)cc1.c1ccc2cc(N(c3ccc(-c4ccc(N(c5ccc6ccccc6c5)c5cccc6ccccc56)cc4)cc3)c3cccc4ccccc34)ccc2c1. The molecule has 6 heteroatoms. The van der Waals surface area contributed by atoms with Crippen LogP contribution in [0.5, 0.6) is 0 Å². The number of anilines is 18. The van der Waals surface area contributed by atoms with Crippen LogP contribution in [0.2, 0.25) is 0 Å². The first kappa shape index (κ1) is 95.8. The van der Waals surface area contributed by atoms with E-state index in [1.54, 1.807) is 0 Å². The summed E-state index contributed by atoms with van der Waals surface area (Å²) >= 11 is 0. The van der Waals surface area contributed by atoms with Gasteiger partial charge in [-0.25, -0.2) is 0 Å². The molecule has 26 aromatic carbocycles. The Bertz CT molecular complexity index is 8550. The van der Waals surface area contributed by atoms with Crippen molar-refractivity contribution in [2.24, 2.45) is 0 Å². The lowest BCUT2D eigenvalue weighted by atomic mass is 10.0. The van der Waals surface area contributed by atoms with Gasteiger partial charge in [0, 0.05) is 101 Å². The maximum Gasteiger partial charge on any atom is 0.0540 e. The average molecular weight is 1910 g/mol. The molecular weight excluding hydrogens is 1800 g/mol. The van der Waals surface area contributed by atoms with E-state index in [0.717, 1.165) is 102 Å². The molecule has 0 aliphatic heterocycles. The molecule has 0 bridgehead atoms. The fraction of sp³-hybridized carbons (Fsp3) is 0.0210. The highest BCUT2D eigenvalue weighted by Crippen LogP contribution is 2.49. The molecule has 0 radical (unpaired) electrons. The lowest BCUT2D eigenvalue weighted by molar-refractivity contribution is 1.28. The second kappa shape index (κ2) is 43.8. The van der Waals surface area contributed by atoms with Gasteiger partial charge in [0.25, 0.3) is 0 Å². The topological polar surface area (TPSA) is 19.4 Å². The maximum atomic E-state index is 2.38. The maximum absolute atomic E-state index is 2.38. The smallest absolute Gasteiger partial charge is 0.0540 e. The first-order chi connectivity index (χ1) is 72.4.